The van der Waals surface area contributed by atoms with Crippen LogP contribution in [0.5, 0.6) is 0 Å². The first-order valence-electron chi connectivity index (χ1n) is 7.94. The number of aromatic nitrogens is 1. The van der Waals surface area contributed by atoms with E-state index < -0.39 is 0 Å². The first-order chi connectivity index (χ1) is 9.34. The van der Waals surface area contributed by atoms with Crippen LogP contribution in [-0.2, 0) is 6.42 Å². The number of unbranched alkanes of at least 4 members (excludes halogenated alkanes) is 9. The van der Waals surface area contributed by atoms with Crippen molar-refractivity contribution in [2.24, 2.45) is 0 Å². The monoisotopic (exact) mass is 281 g/mol. The van der Waals surface area contributed by atoms with Crippen molar-refractivity contribution in [1.29, 1.82) is 0 Å². The molecule has 1 heterocycles. The van der Waals surface area contributed by atoms with Crippen LogP contribution in [0.15, 0.2) is 18.3 Å². The van der Waals surface area contributed by atoms with Crippen molar-refractivity contribution in [1.82, 2.24) is 4.98 Å². The van der Waals surface area contributed by atoms with Gasteiger partial charge in [-0.25, -0.2) is 0 Å². The molecule has 0 aliphatic carbocycles. The van der Waals surface area contributed by atoms with Gasteiger partial charge in [0.1, 0.15) is 0 Å². The molecule has 1 rings (SSSR count). The Bertz CT molecular complexity index is 325. The summed E-state index contributed by atoms with van der Waals surface area (Å²) >= 11 is 6.08. The number of rotatable bonds is 11. The predicted octanol–water partition coefficient (Wildman–Crippen LogP) is 6.20. The number of halogens is 1. The van der Waals surface area contributed by atoms with Gasteiger partial charge in [0.25, 0.3) is 0 Å². The van der Waals surface area contributed by atoms with Crippen LogP contribution in [0.1, 0.15) is 76.8 Å². The molecule has 0 atom stereocenters. The largest absolute Gasteiger partial charge is 0.260 e. The highest BCUT2D eigenvalue weighted by Gasteiger charge is 2.00. The molecule has 0 saturated carbocycles. The van der Waals surface area contributed by atoms with Gasteiger partial charge in [0.2, 0.25) is 0 Å². The molecule has 108 valence electrons. The summed E-state index contributed by atoms with van der Waals surface area (Å²) in [7, 11) is 0. The van der Waals surface area contributed by atoms with Crippen LogP contribution in [0.4, 0.5) is 0 Å². The standard InChI is InChI=1S/C17H28ClN/c1-2-3-4-5-6-7-8-9-10-11-14-17-16(18)13-12-15-19-17/h12-13,15H,2-11,14H2,1H3. The summed E-state index contributed by atoms with van der Waals surface area (Å²) in [5.74, 6) is 0. The number of pyridine rings is 1. The molecule has 1 aromatic rings. The Morgan fingerprint density at radius 3 is 2.05 bits per heavy atom. The summed E-state index contributed by atoms with van der Waals surface area (Å²) in [6.07, 6.45) is 16.6. The Morgan fingerprint density at radius 2 is 1.47 bits per heavy atom. The van der Waals surface area contributed by atoms with Crippen LogP contribution in [-0.4, -0.2) is 4.98 Å². The highest BCUT2D eigenvalue weighted by Crippen LogP contribution is 2.16. The van der Waals surface area contributed by atoms with E-state index in [-0.39, 0.29) is 0 Å². The van der Waals surface area contributed by atoms with Crippen LogP contribution in [0.25, 0.3) is 0 Å². The van der Waals surface area contributed by atoms with Crippen molar-refractivity contribution in [3.8, 4) is 0 Å². The smallest absolute Gasteiger partial charge is 0.0621 e. The molecular weight excluding hydrogens is 254 g/mol. The van der Waals surface area contributed by atoms with Crippen molar-refractivity contribution in [3.63, 3.8) is 0 Å². The summed E-state index contributed by atoms with van der Waals surface area (Å²) in [6.45, 7) is 2.27. The van der Waals surface area contributed by atoms with Gasteiger partial charge < -0.3 is 0 Å². The average molecular weight is 282 g/mol. The molecule has 0 aliphatic rings. The lowest BCUT2D eigenvalue weighted by Gasteiger charge is -2.03. The highest BCUT2D eigenvalue weighted by atomic mass is 35.5. The molecule has 0 saturated heterocycles. The molecule has 0 aromatic carbocycles. The van der Waals surface area contributed by atoms with E-state index in [9.17, 15) is 0 Å². The number of aryl methyl sites for hydroxylation is 1. The number of hydrogen-bond donors (Lipinski definition) is 0. The molecule has 1 aromatic heterocycles. The second-order valence-corrected chi connectivity index (χ2v) is 5.77. The summed E-state index contributed by atoms with van der Waals surface area (Å²) in [4.78, 5) is 4.32. The van der Waals surface area contributed by atoms with Crippen molar-refractivity contribution < 1.29 is 0 Å². The van der Waals surface area contributed by atoms with E-state index in [4.69, 9.17) is 11.6 Å². The van der Waals surface area contributed by atoms with Gasteiger partial charge in [-0.2, -0.15) is 0 Å². The second kappa shape index (κ2) is 11.3. The Labute approximate surface area is 123 Å². The van der Waals surface area contributed by atoms with E-state index in [1.807, 2.05) is 18.3 Å². The van der Waals surface area contributed by atoms with Gasteiger partial charge >= 0.3 is 0 Å². The van der Waals surface area contributed by atoms with Crippen molar-refractivity contribution in [3.05, 3.63) is 29.0 Å². The normalized spacial score (nSPS) is 10.8. The maximum atomic E-state index is 6.08. The lowest BCUT2D eigenvalue weighted by molar-refractivity contribution is 0.555. The molecule has 2 heteroatoms. The fourth-order valence-corrected chi connectivity index (χ4v) is 2.60. The van der Waals surface area contributed by atoms with Crippen LogP contribution in [0.2, 0.25) is 5.02 Å². The molecule has 0 amide bonds. The van der Waals surface area contributed by atoms with Gasteiger partial charge in [-0.05, 0) is 25.0 Å². The van der Waals surface area contributed by atoms with Crippen molar-refractivity contribution in [2.75, 3.05) is 0 Å². The zero-order valence-corrected chi connectivity index (χ0v) is 13.1. The third kappa shape index (κ3) is 8.26. The average Bonchev–Trinajstić information content (AvgIpc) is 2.43. The maximum absolute atomic E-state index is 6.08. The van der Waals surface area contributed by atoms with Gasteiger partial charge in [0.05, 0.1) is 10.7 Å². The SMILES string of the molecule is CCCCCCCCCCCCc1ncccc1Cl. The Morgan fingerprint density at radius 1 is 0.895 bits per heavy atom. The van der Waals surface area contributed by atoms with Crippen molar-refractivity contribution >= 4 is 11.6 Å². The van der Waals surface area contributed by atoms with Gasteiger partial charge in [-0.1, -0.05) is 76.3 Å². The maximum Gasteiger partial charge on any atom is 0.0621 e. The van der Waals surface area contributed by atoms with Crippen LogP contribution in [0.3, 0.4) is 0 Å². The van der Waals surface area contributed by atoms with Gasteiger partial charge in [-0.3, -0.25) is 4.98 Å². The van der Waals surface area contributed by atoms with Gasteiger partial charge in [-0.15, -0.1) is 0 Å². The third-order valence-electron chi connectivity index (χ3n) is 3.60. The molecule has 0 N–H and O–H groups in total. The van der Waals surface area contributed by atoms with Gasteiger partial charge in [0, 0.05) is 6.20 Å². The summed E-state index contributed by atoms with van der Waals surface area (Å²) in [5, 5.41) is 0.818. The van der Waals surface area contributed by atoms with Crippen LogP contribution >= 0.6 is 11.6 Å². The topological polar surface area (TPSA) is 12.9 Å². The first-order valence-corrected chi connectivity index (χ1v) is 8.31. The van der Waals surface area contributed by atoms with E-state index in [0.29, 0.717) is 0 Å². The predicted molar refractivity (Wildman–Crippen MR) is 84.8 cm³/mol. The van der Waals surface area contributed by atoms with E-state index in [2.05, 4.69) is 11.9 Å². The summed E-state index contributed by atoms with van der Waals surface area (Å²) < 4.78 is 0. The lowest BCUT2D eigenvalue weighted by Crippen LogP contribution is -1.91. The molecule has 0 fully saturated rings. The Hall–Kier alpha value is -0.560. The number of hydrogen-bond acceptors (Lipinski definition) is 1. The van der Waals surface area contributed by atoms with Crippen LogP contribution in [0, 0.1) is 0 Å². The zero-order chi connectivity index (χ0) is 13.8. The Kier molecular flexibility index (Phi) is 9.79. The Balaban J connectivity index is 1.90. The molecule has 0 bridgehead atoms. The lowest BCUT2D eigenvalue weighted by atomic mass is 10.1. The third-order valence-corrected chi connectivity index (χ3v) is 3.95. The molecule has 0 aliphatic heterocycles. The second-order valence-electron chi connectivity index (χ2n) is 5.36. The molecule has 0 radical (unpaired) electrons. The molecule has 1 nitrogen and oxygen atoms in total. The van der Waals surface area contributed by atoms with E-state index in [1.165, 1.54) is 64.2 Å². The number of nitrogens with zero attached hydrogens (tertiary/aromatic N) is 1. The molecule has 19 heavy (non-hydrogen) atoms. The minimum atomic E-state index is 0.818. The van der Waals surface area contributed by atoms with Crippen LogP contribution < -0.4 is 0 Å². The molecular formula is C17H28ClN. The fraction of sp³-hybridized carbons (Fsp3) is 0.706. The fourth-order valence-electron chi connectivity index (χ4n) is 2.38. The minimum Gasteiger partial charge on any atom is -0.260 e. The zero-order valence-electron chi connectivity index (χ0n) is 12.3. The van der Waals surface area contributed by atoms with E-state index in [1.54, 1.807) is 0 Å². The highest BCUT2D eigenvalue weighted by molar-refractivity contribution is 6.31. The summed E-state index contributed by atoms with van der Waals surface area (Å²) in [5.41, 5.74) is 1.06. The van der Waals surface area contributed by atoms with E-state index >= 15 is 0 Å². The van der Waals surface area contributed by atoms with E-state index in [0.717, 1.165) is 17.1 Å². The minimum absolute atomic E-state index is 0.818. The van der Waals surface area contributed by atoms with Crippen molar-refractivity contribution in [2.45, 2.75) is 77.6 Å². The summed E-state index contributed by atoms with van der Waals surface area (Å²) in [6, 6.07) is 3.82. The quantitative estimate of drug-likeness (QED) is 0.440. The molecule has 0 spiro atoms. The first kappa shape index (κ1) is 16.5. The van der Waals surface area contributed by atoms with Gasteiger partial charge in [0.15, 0.2) is 0 Å². The molecule has 0 unspecified atom stereocenters.